The minimum Gasteiger partial charge on any atom is -0.481 e. The zero-order chi connectivity index (χ0) is 11.5. The number of aryl methyl sites for hydroxylation is 1. The Balaban J connectivity index is 2.40. The largest absolute Gasteiger partial charge is 0.481 e. The molecule has 0 aliphatic heterocycles. The number of allylic oxidation sites excluding steroid dienone is 1. The van der Waals surface area contributed by atoms with Crippen LogP contribution in [-0.2, 0) is 11.2 Å². The molecular formula is C13H11NO2. The lowest BCUT2D eigenvalue weighted by molar-refractivity contribution is -0.135. The van der Waals surface area contributed by atoms with E-state index in [1.54, 1.807) is 6.07 Å². The first-order valence-corrected chi connectivity index (χ1v) is 5.15. The molecule has 1 N–H and O–H groups in total. The fourth-order valence-corrected chi connectivity index (χ4v) is 2.03. The van der Waals surface area contributed by atoms with Crippen LogP contribution in [0, 0.1) is 11.3 Å². The molecule has 0 saturated carbocycles. The maximum atomic E-state index is 10.7. The number of carboxylic acids is 1. The fraction of sp³-hybridized carbons (Fsp3) is 0.231. The van der Waals surface area contributed by atoms with Crippen molar-refractivity contribution in [2.45, 2.75) is 19.3 Å². The van der Waals surface area contributed by atoms with Crippen LogP contribution in [-0.4, -0.2) is 11.1 Å². The van der Waals surface area contributed by atoms with Gasteiger partial charge in [0.25, 0.3) is 0 Å². The van der Waals surface area contributed by atoms with E-state index in [9.17, 15) is 4.79 Å². The van der Waals surface area contributed by atoms with Crippen LogP contribution in [0.2, 0.25) is 0 Å². The molecule has 16 heavy (non-hydrogen) atoms. The van der Waals surface area contributed by atoms with Crippen molar-refractivity contribution in [2.24, 2.45) is 0 Å². The first-order valence-electron chi connectivity index (χ1n) is 5.15. The van der Waals surface area contributed by atoms with Gasteiger partial charge in [-0.1, -0.05) is 12.1 Å². The molecule has 0 amide bonds. The molecule has 0 unspecified atom stereocenters. The molecular weight excluding hydrogens is 202 g/mol. The number of carboxylic acid groups (broad SMARTS) is 1. The summed E-state index contributed by atoms with van der Waals surface area (Å²) in [5.41, 5.74) is 3.55. The molecule has 0 bridgehead atoms. The Kier molecular flexibility index (Phi) is 2.74. The second kappa shape index (κ2) is 4.19. The quantitative estimate of drug-likeness (QED) is 0.820. The van der Waals surface area contributed by atoms with Crippen molar-refractivity contribution in [3.63, 3.8) is 0 Å². The van der Waals surface area contributed by atoms with E-state index in [0.717, 1.165) is 29.5 Å². The van der Waals surface area contributed by atoms with Gasteiger partial charge in [0.05, 0.1) is 18.1 Å². The van der Waals surface area contributed by atoms with Gasteiger partial charge in [-0.3, -0.25) is 4.79 Å². The van der Waals surface area contributed by atoms with Gasteiger partial charge >= 0.3 is 5.97 Å². The standard InChI is InChI=1S/C13H11NO2/c14-8-9-4-5-12-10(6-9)2-1-3-11(12)7-13(15)16/h3-6H,1-2,7H2,(H,15,16). The van der Waals surface area contributed by atoms with Gasteiger partial charge in [0.15, 0.2) is 0 Å². The molecule has 0 saturated heterocycles. The summed E-state index contributed by atoms with van der Waals surface area (Å²) in [6.07, 6.45) is 3.76. The van der Waals surface area contributed by atoms with Crippen molar-refractivity contribution >= 4 is 11.5 Å². The molecule has 0 aromatic heterocycles. The van der Waals surface area contributed by atoms with E-state index >= 15 is 0 Å². The Morgan fingerprint density at radius 2 is 2.31 bits per heavy atom. The third-order valence-electron chi connectivity index (χ3n) is 2.73. The normalized spacial score (nSPS) is 13.6. The highest BCUT2D eigenvalue weighted by Gasteiger charge is 2.15. The van der Waals surface area contributed by atoms with Crippen molar-refractivity contribution < 1.29 is 9.90 Å². The van der Waals surface area contributed by atoms with Crippen molar-refractivity contribution in [3.05, 3.63) is 41.0 Å². The SMILES string of the molecule is N#Cc1ccc2c(c1)CCC=C2CC(=O)O. The van der Waals surface area contributed by atoms with E-state index in [4.69, 9.17) is 10.4 Å². The predicted molar refractivity (Wildman–Crippen MR) is 59.7 cm³/mol. The fourth-order valence-electron chi connectivity index (χ4n) is 2.03. The summed E-state index contributed by atoms with van der Waals surface area (Å²) < 4.78 is 0. The van der Waals surface area contributed by atoms with E-state index in [2.05, 4.69) is 6.07 Å². The maximum absolute atomic E-state index is 10.7. The first-order chi connectivity index (χ1) is 7.70. The van der Waals surface area contributed by atoms with Crippen LogP contribution in [0.5, 0.6) is 0 Å². The highest BCUT2D eigenvalue weighted by atomic mass is 16.4. The molecule has 0 fully saturated rings. The van der Waals surface area contributed by atoms with E-state index in [1.165, 1.54) is 0 Å². The summed E-state index contributed by atoms with van der Waals surface area (Å²) in [4.78, 5) is 10.7. The molecule has 1 aromatic carbocycles. The summed E-state index contributed by atoms with van der Waals surface area (Å²) in [6, 6.07) is 7.53. The summed E-state index contributed by atoms with van der Waals surface area (Å²) in [7, 11) is 0. The number of hydrogen-bond donors (Lipinski definition) is 1. The molecule has 2 rings (SSSR count). The zero-order valence-electron chi connectivity index (χ0n) is 8.73. The lowest BCUT2D eigenvalue weighted by Crippen LogP contribution is -2.04. The highest BCUT2D eigenvalue weighted by molar-refractivity contribution is 5.85. The Morgan fingerprint density at radius 3 is 3.00 bits per heavy atom. The number of nitrogens with zero attached hydrogens (tertiary/aromatic N) is 1. The third-order valence-corrected chi connectivity index (χ3v) is 2.73. The summed E-state index contributed by atoms with van der Waals surface area (Å²) in [5, 5.41) is 17.6. The first kappa shape index (κ1) is 10.4. The summed E-state index contributed by atoms with van der Waals surface area (Å²) in [5.74, 6) is -0.816. The molecule has 3 nitrogen and oxygen atoms in total. The van der Waals surface area contributed by atoms with Crippen LogP contribution in [0.4, 0.5) is 0 Å². The van der Waals surface area contributed by atoms with Gasteiger partial charge in [-0.15, -0.1) is 0 Å². The number of rotatable bonds is 2. The average molecular weight is 213 g/mol. The summed E-state index contributed by atoms with van der Waals surface area (Å²) >= 11 is 0. The van der Waals surface area contributed by atoms with Crippen molar-refractivity contribution in [2.75, 3.05) is 0 Å². The van der Waals surface area contributed by atoms with Gasteiger partial charge in [-0.2, -0.15) is 5.26 Å². The highest BCUT2D eigenvalue weighted by Crippen LogP contribution is 2.29. The molecule has 0 heterocycles. The van der Waals surface area contributed by atoms with Crippen LogP contribution >= 0.6 is 0 Å². The maximum Gasteiger partial charge on any atom is 0.307 e. The summed E-state index contributed by atoms with van der Waals surface area (Å²) in [6.45, 7) is 0. The van der Waals surface area contributed by atoms with Crippen molar-refractivity contribution in [1.82, 2.24) is 0 Å². The molecule has 3 heteroatoms. The third kappa shape index (κ3) is 1.96. The average Bonchev–Trinajstić information content (AvgIpc) is 2.28. The topological polar surface area (TPSA) is 61.1 Å². The Morgan fingerprint density at radius 1 is 1.50 bits per heavy atom. The van der Waals surface area contributed by atoms with Gasteiger partial charge in [0.2, 0.25) is 0 Å². The predicted octanol–water partition coefficient (Wildman–Crippen LogP) is 2.36. The van der Waals surface area contributed by atoms with E-state index < -0.39 is 5.97 Å². The number of benzene rings is 1. The lowest BCUT2D eigenvalue weighted by Gasteiger charge is -2.16. The van der Waals surface area contributed by atoms with Gasteiger partial charge in [0.1, 0.15) is 0 Å². The van der Waals surface area contributed by atoms with Gasteiger partial charge in [0, 0.05) is 0 Å². The monoisotopic (exact) mass is 213 g/mol. The number of aliphatic carboxylic acids is 1. The Labute approximate surface area is 93.6 Å². The molecule has 1 aliphatic rings. The minimum absolute atomic E-state index is 0.0545. The van der Waals surface area contributed by atoms with Crippen LogP contribution in [0.25, 0.3) is 5.57 Å². The van der Waals surface area contributed by atoms with E-state index in [0.29, 0.717) is 5.56 Å². The van der Waals surface area contributed by atoms with E-state index in [-0.39, 0.29) is 6.42 Å². The second-order valence-corrected chi connectivity index (χ2v) is 3.82. The molecule has 0 spiro atoms. The van der Waals surface area contributed by atoms with Crippen LogP contribution in [0.15, 0.2) is 24.3 Å². The number of carbonyl (C=O) groups is 1. The number of hydrogen-bond acceptors (Lipinski definition) is 2. The number of fused-ring (bicyclic) bond motifs is 1. The number of nitriles is 1. The molecule has 80 valence electrons. The zero-order valence-corrected chi connectivity index (χ0v) is 8.73. The van der Waals surface area contributed by atoms with Crippen LogP contribution in [0.1, 0.15) is 29.5 Å². The van der Waals surface area contributed by atoms with Gasteiger partial charge in [-0.25, -0.2) is 0 Å². The van der Waals surface area contributed by atoms with Crippen LogP contribution < -0.4 is 0 Å². The Bertz CT molecular complexity index is 509. The second-order valence-electron chi connectivity index (χ2n) is 3.82. The Hall–Kier alpha value is -2.08. The molecule has 1 aliphatic carbocycles. The van der Waals surface area contributed by atoms with E-state index in [1.807, 2.05) is 18.2 Å². The lowest BCUT2D eigenvalue weighted by atomic mass is 9.88. The minimum atomic E-state index is -0.816. The van der Waals surface area contributed by atoms with Gasteiger partial charge in [-0.05, 0) is 41.7 Å². The molecule has 0 atom stereocenters. The van der Waals surface area contributed by atoms with Crippen LogP contribution in [0.3, 0.4) is 0 Å². The molecule has 1 aromatic rings. The van der Waals surface area contributed by atoms with Crippen molar-refractivity contribution in [3.8, 4) is 6.07 Å². The molecule has 0 radical (unpaired) electrons. The van der Waals surface area contributed by atoms with Crippen molar-refractivity contribution in [1.29, 1.82) is 5.26 Å². The smallest absolute Gasteiger partial charge is 0.307 e. The van der Waals surface area contributed by atoms with Gasteiger partial charge < -0.3 is 5.11 Å².